The van der Waals surface area contributed by atoms with Crippen LogP contribution in [0.2, 0.25) is 0 Å². The molecule has 1 N–H and O–H groups in total. The fraction of sp³-hybridized carbons (Fsp3) is 0.700. The zero-order chi connectivity index (χ0) is 9.68. The molecule has 1 rings (SSSR count). The van der Waals surface area contributed by atoms with Crippen LogP contribution >= 0.6 is 0 Å². The molecule has 0 aromatic carbocycles. The molecule has 1 aliphatic carbocycles. The molecule has 0 heterocycles. The van der Waals surface area contributed by atoms with Crippen LogP contribution in [0.15, 0.2) is 12.8 Å². The Bertz CT molecular complexity index is 197. The predicted molar refractivity (Wildman–Crippen MR) is 53.2 cm³/mol. The molecule has 13 heavy (non-hydrogen) atoms. The lowest BCUT2D eigenvalue weighted by atomic mass is 9.84. The number of carbonyl (C=O) groups is 1. The molecule has 1 aliphatic rings. The van der Waals surface area contributed by atoms with Crippen molar-refractivity contribution in [1.29, 1.82) is 0 Å². The fourth-order valence-electron chi connectivity index (χ4n) is 1.93. The fourth-order valence-corrected chi connectivity index (χ4v) is 1.93. The Kier molecular flexibility index (Phi) is 3.96. The molecule has 0 bridgehead atoms. The molecule has 0 unspecified atom stereocenters. The number of carbonyl (C=O) groups excluding carboxylic acids is 1. The average Bonchev–Trinajstić information content (AvgIpc) is 2.18. The van der Waals surface area contributed by atoms with Crippen molar-refractivity contribution in [2.24, 2.45) is 5.92 Å². The molecular weight excluding hydrogens is 166 g/mol. The highest BCUT2D eigenvalue weighted by atomic mass is 16.5. The van der Waals surface area contributed by atoms with E-state index in [-0.39, 0.29) is 19.4 Å². The average molecular weight is 185 g/mol. The van der Waals surface area contributed by atoms with Crippen LogP contribution in [0.1, 0.15) is 27.1 Å². The molecule has 0 amide bonds. The third kappa shape index (κ3) is 2.56. The molecule has 0 spiro atoms. The highest BCUT2D eigenvalue weighted by Gasteiger charge is 2.30. The first-order valence-electron chi connectivity index (χ1n) is 4.78. The van der Waals surface area contributed by atoms with Crippen LogP contribution in [-0.2, 0) is 9.53 Å². The summed E-state index contributed by atoms with van der Waals surface area (Å²) in [5, 5.41) is 3.16. The van der Waals surface area contributed by atoms with Gasteiger partial charge in [0, 0.05) is 7.47 Å². The van der Waals surface area contributed by atoms with Crippen molar-refractivity contribution in [1.82, 2.24) is 5.32 Å². The number of ether oxygens (including phenoxy) is 1. The van der Waals surface area contributed by atoms with Gasteiger partial charge in [0.15, 0.2) is 0 Å². The SMILES string of the molecule is C=COC(=O)[C@H]1CCCC[C@H]1NC.[HH]. The lowest BCUT2D eigenvalue weighted by Gasteiger charge is -2.28. The molecule has 0 aliphatic heterocycles. The maximum absolute atomic E-state index is 11.4. The Morgan fingerprint density at radius 3 is 2.92 bits per heavy atom. The highest BCUT2D eigenvalue weighted by molar-refractivity contribution is 5.74. The third-order valence-corrected chi connectivity index (χ3v) is 2.64. The molecule has 1 fully saturated rings. The van der Waals surface area contributed by atoms with Crippen LogP contribution in [0.5, 0.6) is 0 Å². The van der Waals surface area contributed by atoms with E-state index >= 15 is 0 Å². The van der Waals surface area contributed by atoms with Gasteiger partial charge in [0.1, 0.15) is 0 Å². The standard InChI is InChI=1S/C10H17NO2.H2/c1-3-13-10(12)8-6-4-5-7-9(8)11-2;/h3,8-9,11H,1,4-7H2,2H3;1H/t8-,9+;/m0./s1. The summed E-state index contributed by atoms with van der Waals surface area (Å²) in [6.45, 7) is 3.38. The number of esters is 1. The lowest BCUT2D eigenvalue weighted by Crippen LogP contribution is -2.40. The van der Waals surface area contributed by atoms with Crippen LogP contribution in [-0.4, -0.2) is 19.1 Å². The maximum Gasteiger partial charge on any atom is 0.315 e. The van der Waals surface area contributed by atoms with Crippen LogP contribution in [0.25, 0.3) is 0 Å². The largest absolute Gasteiger partial charge is 0.435 e. The van der Waals surface area contributed by atoms with Gasteiger partial charge in [0.2, 0.25) is 0 Å². The summed E-state index contributed by atoms with van der Waals surface area (Å²) in [5.41, 5.74) is 0. The van der Waals surface area contributed by atoms with E-state index in [1.54, 1.807) is 0 Å². The second kappa shape index (κ2) is 5.02. The highest BCUT2D eigenvalue weighted by Crippen LogP contribution is 2.25. The van der Waals surface area contributed by atoms with Crippen LogP contribution in [0, 0.1) is 5.92 Å². The summed E-state index contributed by atoms with van der Waals surface area (Å²) >= 11 is 0. The Morgan fingerprint density at radius 1 is 1.62 bits per heavy atom. The van der Waals surface area contributed by atoms with E-state index in [0.29, 0.717) is 0 Å². The van der Waals surface area contributed by atoms with Crippen molar-refractivity contribution in [3.8, 4) is 0 Å². The van der Waals surface area contributed by atoms with Gasteiger partial charge >= 0.3 is 5.97 Å². The van der Waals surface area contributed by atoms with Gasteiger partial charge in [-0.1, -0.05) is 19.4 Å². The van der Waals surface area contributed by atoms with E-state index in [2.05, 4.69) is 11.9 Å². The van der Waals surface area contributed by atoms with Crippen molar-refractivity contribution >= 4 is 5.97 Å². The van der Waals surface area contributed by atoms with Crippen LogP contribution in [0.4, 0.5) is 0 Å². The first kappa shape index (κ1) is 10.3. The smallest absolute Gasteiger partial charge is 0.315 e. The van der Waals surface area contributed by atoms with E-state index < -0.39 is 0 Å². The second-order valence-corrected chi connectivity index (χ2v) is 3.39. The van der Waals surface area contributed by atoms with Gasteiger partial charge in [-0.25, -0.2) is 0 Å². The minimum absolute atomic E-state index is 0. The van der Waals surface area contributed by atoms with Crippen LogP contribution in [0.3, 0.4) is 0 Å². The van der Waals surface area contributed by atoms with Gasteiger partial charge < -0.3 is 10.1 Å². The predicted octanol–water partition coefficient (Wildman–Crippen LogP) is 1.70. The summed E-state index contributed by atoms with van der Waals surface area (Å²) in [6.07, 6.45) is 5.52. The first-order chi connectivity index (χ1) is 6.29. The van der Waals surface area contributed by atoms with Crippen molar-refractivity contribution in [2.75, 3.05) is 7.05 Å². The molecule has 1 saturated carbocycles. The van der Waals surface area contributed by atoms with Crippen molar-refractivity contribution in [2.45, 2.75) is 31.7 Å². The normalized spacial score (nSPS) is 28.1. The molecule has 0 saturated heterocycles. The number of hydrogen-bond donors (Lipinski definition) is 1. The lowest BCUT2D eigenvalue weighted by molar-refractivity contribution is -0.144. The summed E-state index contributed by atoms with van der Waals surface area (Å²) in [4.78, 5) is 11.4. The molecule has 0 aromatic heterocycles. The van der Waals surface area contributed by atoms with Gasteiger partial charge in [-0.05, 0) is 19.9 Å². The molecule has 2 atom stereocenters. The van der Waals surface area contributed by atoms with E-state index in [9.17, 15) is 4.79 Å². The Hall–Kier alpha value is -0.830. The number of rotatable bonds is 3. The monoisotopic (exact) mass is 185 g/mol. The van der Waals surface area contributed by atoms with Gasteiger partial charge in [-0.3, -0.25) is 4.79 Å². The Balaban J connectivity index is 0.00000169. The summed E-state index contributed by atoms with van der Waals surface area (Å²) in [6, 6.07) is 0.279. The minimum atomic E-state index is -0.144. The van der Waals surface area contributed by atoms with E-state index in [0.717, 1.165) is 19.3 Å². The summed E-state index contributed by atoms with van der Waals surface area (Å²) in [7, 11) is 1.89. The van der Waals surface area contributed by atoms with Crippen molar-refractivity contribution in [3.63, 3.8) is 0 Å². The summed E-state index contributed by atoms with van der Waals surface area (Å²) < 4.78 is 4.80. The van der Waals surface area contributed by atoms with E-state index in [4.69, 9.17) is 4.74 Å². The Labute approximate surface area is 80.6 Å². The topological polar surface area (TPSA) is 38.3 Å². The quantitative estimate of drug-likeness (QED) is 0.537. The minimum Gasteiger partial charge on any atom is -0.435 e. The van der Waals surface area contributed by atoms with Crippen molar-refractivity contribution < 1.29 is 11.0 Å². The van der Waals surface area contributed by atoms with Gasteiger partial charge in [0.05, 0.1) is 12.2 Å². The zero-order valence-corrected chi connectivity index (χ0v) is 8.08. The second-order valence-electron chi connectivity index (χ2n) is 3.39. The van der Waals surface area contributed by atoms with Gasteiger partial charge in [-0.2, -0.15) is 0 Å². The molecule has 3 nitrogen and oxygen atoms in total. The maximum atomic E-state index is 11.4. The molecule has 0 radical (unpaired) electrons. The van der Waals surface area contributed by atoms with Gasteiger partial charge in [0.25, 0.3) is 0 Å². The Morgan fingerprint density at radius 2 is 2.31 bits per heavy atom. The molecule has 76 valence electrons. The first-order valence-corrected chi connectivity index (χ1v) is 4.78. The van der Waals surface area contributed by atoms with Gasteiger partial charge in [-0.15, -0.1) is 0 Å². The van der Waals surface area contributed by atoms with Crippen molar-refractivity contribution in [3.05, 3.63) is 12.8 Å². The zero-order valence-electron chi connectivity index (χ0n) is 8.08. The summed E-state index contributed by atoms with van der Waals surface area (Å²) in [5.74, 6) is -0.134. The third-order valence-electron chi connectivity index (χ3n) is 2.64. The molecular formula is C10H19NO2. The molecule has 3 heteroatoms. The number of hydrogen-bond acceptors (Lipinski definition) is 3. The number of nitrogens with one attached hydrogen (secondary N) is 1. The van der Waals surface area contributed by atoms with Crippen LogP contribution < -0.4 is 5.32 Å². The van der Waals surface area contributed by atoms with E-state index in [1.807, 2.05) is 7.05 Å². The van der Waals surface area contributed by atoms with E-state index in [1.165, 1.54) is 12.7 Å². The molecule has 0 aromatic rings.